The number of aromatic nitrogens is 1. The molecule has 0 saturated heterocycles. The first-order chi connectivity index (χ1) is 10.7. The van der Waals surface area contributed by atoms with Crippen LogP contribution in [0.1, 0.15) is 42.4 Å². The molecule has 0 aliphatic carbocycles. The van der Waals surface area contributed by atoms with E-state index < -0.39 is 5.97 Å². The SMILES string of the molecule is CC(C)(C)c1ccc(CNc2cc(Cl)c(Cl)nc2C(=O)O)cc1. The van der Waals surface area contributed by atoms with Crippen LogP contribution in [0, 0.1) is 0 Å². The molecule has 0 aliphatic heterocycles. The largest absolute Gasteiger partial charge is 0.476 e. The Balaban J connectivity index is 2.18. The van der Waals surface area contributed by atoms with E-state index in [2.05, 4.69) is 43.2 Å². The van der Waals surface area contributed by atoms with Crippen LogP contribution < -0.4 is 5.32 Å². The Bertz CT molecular complexity index is 723. The average molecular weight is 353 g/mol. The number of hydrogen-bond acceptors (Lipinski definition) is 3. The van der Waals surface area contributed by atoms with Gasteiger partial charge in [0, 0.05) is 6.54 Å². The van der Waals surface area contributed by atoms with E-state index in [1.165, 1.54) is 11.6 Å². The third-order valence-corrected chi connectivity index (χ3v) is 4.11. The second-order valence-electron chi connectivity index (χ2n) is 6.26. The van der Waals surface area contributed by atoms with E-state index in [1.54, 1.807) is 0 Å². The fourth-order valence-corrected chi connectivity index (χ4v) is 2.37. The van der Waals surface area contributed by atoms with Crippen LogP contribution in [0.4, 0.5) is 5.69 Å². The lowest BCUT2D eigenvalue weighted by Gasteiger charge is -2.19. The summed E-state index contributed by atoms with van der Waals surface area (Å²) in [7, 11) is 0. The first-order valence-electron chi connectivity index (χ1n) is 7.11. The fourth-order valence-electron chi connectivity index (χ4n) is 2.08. The summed E-state index contributed by atoms with van der Waals surface area (Å²) in [5, 5.41) is 12.4. The van der Waals surface area contributed by atoms with Gasteiger partial charge in [-0.05, 0) is 22.6 Å². The fraction of sp³-hybridized carbons (Fsp3) is 0.294. The van der Waals surface area contributed by atoms with Crippen LogP contribution in [0.25, 0.3) is 0 Å². The number of benzene rings is 1. The Labute approximate surface area is 145 Å². The van der Waals surface area contributed by atoms with Gasteiger partial charge in [-0.25, -0.2) is 9.78 Å². The van der Waals surface area contributed by atoms with Crippen molar-refractivity contribution in [2.24, 2.45) is 0 Å². The summed E-state index contributed by atoms with van der Waals surface area (Å²) in [6, 6.07) is 9.65. The molecule has 0 aliphatic rings. The molecule has 1 aromatic carbocycles. The van der Waals surface area contributed by atoms with E-state index in [9.17, 15) is 9.90 Å². The molecule has 2 aromatic rings. The third-order valence-electron chi connectivity index (χ3n) is 3.44. The molecular weight excluding hydrogens is 335 g/mol. The molecule has 2 rings (SSSR count). The van der Waals surface area contributed by atoms with Gasteiger partial charge >= 0.3 is 5.97 Å². The molecule has 1 heterocycles. The number of anilines is 1. The zero-order valence-electron chi connectivity index (χ0n) is 13.2. The topological polar surface area (TPSA) is 62.2 Å². The highest BCUT2D eigenvalue weighted by Gasteiger charge is 2.16. The monoisotopic (exact) mass is 352 g/mol. The Morgan fingerprint density at radius 2 is 1.83 bits per heavy atom. The van der Waals surface area contributed by atoms with Gasteiger partial charge in [-0.3, -0.25) is 0 Å². The van der Waals surface area contributed by atoms with Gasteiger partial charge in [-0.15, -0.1) is 0 Å². The highest BCUT2D eigenvalue weighted by atomic mass is 35.5. The van der Waals surface area contributed by atoms with Gasteiger partial charge in [-0.2, -0.15) is 0 Å². The third kappa shape index (κ3) is 4.36. The van der Waals surface area contributed by atoms with Crippen molar-refractivity contribution < 1.29 is 9.90 Å². The van der Waals surface area contributed by atoms with Crippen LogP contribution in [-0.4, -0.2) is 16.1 Å². The maximum atomic E-state index is 11.2. The van der Waals surface area contributed by atoms with Crippen molar-refractivity contribution in [3.05, 3.63) is 57.3 Å². The minimum Gasteiger partial charge on any atom is -0.476 e. The summed E-state index contributed by atoms with van der Waals surface area (Å²) in [6.07, 6.45) is 0. The molecule has 0 radical (unpaired) electrons. The van der Waals surface area contributed by atoms with Gasteiger partial charge in [0.2, 0.25) is 0 Å². The molecule has 4 nitrogen and oxygen atoms in total. The summed E-state index contributed by atoms with van der Waals surface area (Å²) in [5.41, 5.74) is 2.55. The lowest BCUT2D eigenvalue weighted by Crippen LogP contribution is -2.11. The number of halogens is 2. The standard InChI is InChI=1S/C17H18Cl2N2O2/c1-17(2,3)11-6-4-10(5-7-11)9-20-13-8-12(18)15(19)21-14(13)16(22)23/h4-8,20H,9H2,1-3H3,(H,22,23). The quantitative estimate of drug-likeness (QED) is 0.760. The number of hydrogen-bond donors (Lipinski definition) is 2. The summed E-state index contributed by atoms with van der Waals surface area (Å²) in [5.74, 6) is -1.16. The van der Waals surface area contributed by atoms with Crippen LogP contribution in [0.3, 0.4) is 0 Å². The van der Waals surface area contributed by atoms with Crippen LogP contribution in [0.5, 0.6) is 0 Å². The molecule has 1 aromatic heterocycles. The summed E-state index contributed by atoms with van der Waals surface area (Å²) in [6.45, 7) is 6.92. The van der Waals surface area contributed by atoms with Crippen molar-refractivity contribution in [3.63, 3.8) is 0 Å². The van der Waals surface area contributed by atoms with E-state index in [0.29, 0.717) is 12.2 Å². The second-order valence-corrected chi connectivity index (χ2v) is 7.03. The lowest BCUT2D eigenvalue weighted by molar-refractivity contribution is 0.0691. The predicted octanol–water partition coefficient (Wildman–Crippen LogP) is 5.00. The minimum absolute atomic E-state index is 0.0239. The van der Waals surface area contributed by atoms with Crippen molar-refractivity contribution in [2.45, 2.75) is 32.7 Å². The number of rotatable bonds is 4. The number of carboxylic acid groups (broad SMARTS) is 1. The van der Waals surface area contributed by atoms with Crippen LogP contribution in [-0.2, 0) is 12.0 Å². The second kappa shape index (κ2) is 6.77. The number of nitrogens with zero attached hydrogens (tertiary/aromatic N) is 1. The molecule has 0 saturated carbocycles. The maximum absolute atomic E-state index is 11.2. The van der Waals surface area contributed by atoms with Crippen molar-refractivity contribution >= 4 is 34.9 Å². The smallest absolute Gasteiger partial charge is 0.356 e. The zero-order valence-corrected chi connectivity index (χ0v) is 14.7. The molecule has 0 bridgehead atoms. The number of aromatic carboxylic acids is 1. The molecule has 0 amide bonds. The number of pyridine rings is 1. The van der Waals surface area contributed by atoms with Gasteiger partial charge in [0.15, 0.2) is 5.69 Å². The molecule has 2 N–H and O–H groups in total. The first kappa shape index (κ1) is 17.6. The van der Waals surface area contributed by atoms with Gasteiger partial charge in [0.05, 0.1) is 10.7 Å². The normalized spacial score (nSPS) is 11.3. The van der Waals surface area contributed by atoms with Crippen LogP contribution >= 0.6 is 23.2 Å². The molecule has 6 heteroatoms. The predicted molar refractivity (Wildman–Crippen MR) is 93.7 cm³/mol. The Morgan fingerprint density at radius 1 is 1.22 bits per heavy atom. The van der Waals surface area contributed by atoms with Gasteiger partial charge in [-0.1, -0.05) is 68.2 Å². The molecule has 0 spiro atoms. The average Bonchev–Trinajstić information content (AvgIpc) is 2.47. The molecule has 23 heavy (non-hydrogen) atoms. The summed E-state index contributed by atoms with van der Waals surface area (Å²) in [4.78, 5) is 15.0. The first-order valence-corrected chi connectivity index (χ1v) is 7.86. The van der Waals surface area contributed by atoms with Crippen molar-refractivity contribution in [2.75, 3.05) is 5.32 Å². The maximum Gasteiger partial charge on any atom is 0.356 e. The highest BCUT2D eigenvalue weighted by molar-refractivity contribution is 6.41. The van der Waals surface area contributed by atoms with Gasteiger partial charge in [0.25, 0.3) is 0 Å². The van der Waals surface area contributed by atoms with E-state index in [4.69, 9.17) is 23.2 Å². The van der Waals surface area contributed by atoms with E-state index >= 15 is 0 Å². The molecule has 0 fully saturated rings. The highest BCUT2D eigenvalue weighted by Crippen LogP contribution is 2.27. The Hall–Kier alpha value is -1.78. The van der Waals surface area contributed by atoms with Crippen LogP contribution in [0.2, 0.25) is 10.2 Å². The van der Waals surface area contributed by atoms with Gasteiger partial charge in [0.1, 0.15) is 5.15 Å². The minimum atomic E-state index is -1.16. The zero-order chi connectivity index (χ0) is 17.2. The van der Waals surface area contributed by atoms with Crippen molar-refractivity contribution in [1.29, 1.82) is 0 Å². The number of carboxylic acids is 1. The Kier molecular flexibility index (Phi) is 5.17. The molecular formula is C17H18Cl2N2O2. The summed E-state index contributed by atoms with van der Waals surface area (Å²) < 4.78 is 0. The number of nitrogens with one attached hydrogen (secondary N) is 1. The van der Waals surface area contributed by atoms with Crippen LogP contribution in [0.15, 0.2) is 30.3 Å². The molecule has 0 unspecified atom stereocenters. The van der Waals surface area contributed by atoms with E-state index in [-0.39, 0.29) is 21.3 Å². The summed E-state index contributed by atoms with van der Waals surface area (Å²) >= 11 is 11.7. The molecule has 122 valence electrons. The lowest BCUT2D eigenvalue weighted by atomic mass is 9.87. The van der Waals surface area contributed by atoms with Crippen molar-refractivity contribution in [3.8, 4) is 0 Å². The van der Waals surface area contributed by atoms with Gasteiger partial charge < -0.3 is 10.4 Å². The van der Waals surface area contributed by atoms with E-state index in [0.717, 1.165) is 5.56 Å². The van der Waals surface area contributed by atoms with Crippen molar-refractivity contribution in [1.82, 2.24) is 4.98 Å². The number of carbonyl (C=O) groups is 1. The van der Waals surface area contributed by atoms with E-state index in [1.807, 2.05) is 12.1 Å². The Morgan fingerprint density at radius 3 is 2.35 bits per heavy atom. The molecule has 0 atom stereocenters.